The normalized spacial score (nSPS) is 13.0. The Bertz CT molecular complexity index is 755. The molecule has 0 bridgehead atoms. The smallest absolute Gasteiger partial charge is 0.261 e. The summed E-state index contributed by atoms with van der Waals surface area (Å²) in [5.74, 6) is 1.16. The highest BCUT2D eigenvalue weighted by Gasteiger charge is 2.19. The van der Waals surface area contributed by atoms with E-state index in [4.69, 9.17) is 9.47 Å². The first kappa shape index (κ1) is 18.8. The summed E-state index contributed by atoms with van der Waals surface area (Å²) >= 11 is 0. The summed E-state index contributed by atoms with van der Waals surface area (Å²) < 4.78 is 10.9. The molecule has 2 aromatic carbocycles. The molecule has 0 spiro atoms. The molecule has 2 rings (SSSR count). The summed E-state index contributed by atoms with van der Waals surface area (Å²) in [6.45, 7) is 9.99. The average Bonchev–Trinajstić information content (AvgIpc) is 2.58. The van der Waals surface area contributed by atoms with E-state index < -0.39 is 6.10 Å². The van der Waals surface area contributed by atoms with Crippen LogP contribution in [0.4, 0.5) is 0 Å². The number of benzene rings is 2. The first-order valence-electron chi connectivity index (χ1n) is 8.50. The van der Waals surface area contributed by atoms with Crippen molar-refractivity contribution < 1.29 is 14.3 Å². The van der Waals surface area contributed by atoms with E-state index >= 15 is 0 Å². The minimum absolute atomic E-state index is 0.0804. The second-order valence-corrected chi connectivity index (χ2v) is 6.46. The Labute approximate surface area is 150 Å². The third-order valence-corrected chi connectivity index (χ3v) is 4.43. The number of amides is 1. The van der Waals surface area contributed by atoms with Gasteiger partial charge in [0.15, 0.2) is 6.10 Å². The number of hydrogen-bond acceptors (Lipinski definition) is 3. The zero-order chi connectivity index (χ0) is 18.6. The molecule has 0 aromatic heterocycles. The molecule has 0 unspecified atom stereocenters. The first-order chi connectivity index (χ1) is 11.8. The molecule has 134 valence electrons. The van der Waals surface area contributed by atoms with Crippen LogP contribution < -0.4 is 14.8 Å². The first-order valence-corrected chi connectivity index (χ1v) is 8.50. The molecule has 1 N–H and O–H groups in total. The molecule has 0 aliphatic heterocycles. The third kappa shape index (κ3) is 4.75. The molecule has 0 fully saturated rings. The molecule has 0 saturated heterocycles. The summed E-state index contributed by atoms with van der Waals surface area (Å²) in [5, 5.41) is 3.04. The lowest BCUT2D eigenvalue weighted by molar-refractivity contribution is -0.127. The number of nitrogens with one attached hydrogen (secondary N) is 1. The number of aryl methyl sites for hydroxylation is 3. The van der Waals surface area contributed by atoms with Gasteiger partial charge in [-0.1, -0.05) is 18.2 Å². The van der Waals surface area contributed by atoms with E-state index in [0.717, 1.165) is 5.56 Å². The van der Waals surface area contributed by atoms with E-state index in [9.17, 15) is 4.79 Å². The quantitative estimate of drug-likeness (QED) is 0.854. The molecular weight excluding hydrogens is 314 g/mol. The van der Waals surface area contributed by atoms with Gasteiger partial charge in [0, 0.05) is 6.07 Å². The zero-order valence-electron chi connectivity index (χ0n) is 15.8. The molecule has 0 saturated carbocycles. The van der Waals surface area contributed by atoms with Crippen LogP contribution in [-0.4, -0.2) is 19.1 Å². The predicted octanol–water partition coefficient (Wildman–Crippen LogP) is 4.27. The van der Waals surface area contributed by atoms with Crippen LogP contribution in [0.15, 0.2) is 36.4 Å². The largest absolute Gasteiger partial charge is 0.497 e. The minimum Gasteiger partial charge on any atom is -0.497 e. The summed E-state index contributed by atoms with van der Waals surface area (Å²) in [7, 11) is 1.60. The minimum atomic E-state index is -0.596. The second kappa shape index (κ2) is 8.06. The van der Waals surface area contributed by atoms with Gasteiger partial charge in [-0.3, -0.25) is 4.79 Å². The van der Waals surface area contributed by atoms with E-state index in [1.54, 1.807) is 20.1 Å². The van der Waals surface area contributed by atoms with Crippen LogP contribution in [0.5, 0.6) is 11.5 Å². The molecular formula is C21H27NO3. The summed E-state index contributed by atoms with van der Waals surface area (Å²) in [6, 6.07) is 11.5. The van der Waals surface area contributed by atoms with Crippen LogP contribution in [0.1, 0.15) is 42.1 Å². The molecule has 4 heteroatoms. The number of rotatable bonds is 6. The maximum absolute atomic E-state index is 12.5. The van der Waals surface area contributed by atoms with E-state index in [2.05, 4.69) is 38.2 Å². The van der Waals surface area contributed by atoms with Crippen LogP contribution in [0, 0.1) is 20.8 Å². The van der Waals surface area contributed by atoms with Gasteiger partial charge in [-0.05, 0) is 69.0 Å². The van der Waals surface area contributed by atoms with E-state index in [1.165, 1.54) is 16.7 Å². The van der Waals surface area contributed by atoms with Crippen LogP contribution in [0.2, 0.25) is 0 Å². The topological polar surface area (TPSA) is 47.6 Å². The van der Waals surface area contributed by atoms with Crippen molar-refractivity contribution >= 4 is 5.91 Å². The molecule has 1 amide bonds. The number of methoxy groups -OCH3 is 1. The van der Waals surface area contributed by atoms with Crippen LogP contribution in [-0.2, 0) is 4.79 Å². The fraction of sp³-hybridized carbons (Fsp3) is 0.381. The monoisotopic (exact) mass is 341 g/mol. The van der Waals surface area contributed by atoms with E-state index in [0.29, 0.717) is 11.5 Å². The van der Waals surface area contributed by atoms with Crippen molar-refractivity contribution in [1.29, 1.82) is 0 Å². The SMILES string of the molecule is COc1cccc(O[C@H](C)C(=O)N[C@@H](C)c2cc(C)c(C)cc2C)c1. The van der Waals surface area contributed by atoms with Gasteiger partial charge in [-0.15, -0.1) is 0 Å². The molecule has 0 heterocycles. The Morgan fingerprint density at radius 2 is 1.60 bits per heavy atom. The van der Waals surface area contributed by atoms with Crippen LogP contribution >= 0.6 is 0 Å². The van der Waals surface area contributed by atoms with Gasteiger partial charge in [0.2, 0.25) is 0 Å². The fourth-order valence-corrected chi connectivity index (χ4v) is 2.79. The van der Waals surface area contributed by atoms with Crippen molar-refractivity contribution in [1.82, 2.24) is 5.32 Å². The van der Waals surface area contributed by atoms with Gasteiger partial charge in [-0.25, -0.2) is 0 Å². The Hall–Kier alpha value is -2.49. The Morgan fingerprint density at radius 3 is 2.28 bits per heavy atom. The number of hydrogen-bond donors (Lipinski definition) is 1. The highest BCUT2D eigenvalue weighted by Crippen LogP contribution is 2.23. The van der Waals surface area contributed by atoms with Crippen molar-refractivity contribution in [2.75, 3.05) is 7.11 Å². The van der Waals surface area contributed by atoms with Gasteiger partial charge in [-0.2, -0.15) is 0 Å². The van der Waals surface area contributed by atoms with Gasteiger partial charge < -0.3 is 14.8 Å². The van der Waals surface area contributed by atoms with Gasteiger partial charge in [0.25, 0.3) is 5.91 Å². The molecule has 25 heavy (non-hydrogen) atoms. The summed E-state index contributed by atoms with van der Waals surface area (Å²) in [6.07, 6.45) is -0.596. The third-order valence-electron chi connectivity index (χ3n) is 4.43. The van der Waals surface area contributed by atoms with Gasteiger partial charge in [0.1, 0.15) is 11.5 Å². The molecule has 0 radical (unpaired) electrons. The summed E-state index contributed by atoms with van der Waals surface area (Å²) in [4.78, 5) is 12.5. The highest BCUT2D eigenvalue weighted by atomic mass is 16.5. The lowest BCUT2D eigenvalue weighted by Gasteiger charge is -2.21. The second-order valence-electron chi connectivity index (χ2n) is 6.46. The van der Waals surface area contributed by atoms with Gasteiger partial charge >= 0.3 is 0 Å². The molecule has 0 aliphatic carbocycles. The lowest BCUT2D eigenvalue weighted by atomic mass is 9.96. The Kier molecular flexibility index (Phi) is 6.07. The van der Waals surface area contributed by atoms with Crippen LogP contribution in [0.25, 0.3) is 0 Å². The molecule has 4 nitrogen and oxygen atoms in total. The number of carbonyl (C=O) groups is 1. The Balaban J connectivity index is 2.04. The lowest BCUT2D eigenvalue weighted by Crippen LogP contribution is -2.38. The molecule has 0 aliphatic rings. The van der Waals surface area contributed by atoms with E-state index in [1.807, 2.05) is 25.1 Å². The number of carbonyl (C=O) groups excluding carboxylic acids is 1. The predicted molar refractivity (Wildman–Crippen MR) is 100 cm³/mol. The van der Waals surface area contributed by atoms with Gasteiger partial charge in [0.05, 0.1) is 13.2 Å². The fourth-order valence-electron chi connectivity index (χ4n) is 2.79. The maximum atomic E-state index is 12.5. The Morgan fingerprint density at radius 1 is 0.960 bits per heavy atom. The highest BCUT2D eigenvalue weighted by molar-refractivity contribution is 5.81. The molecule has 2 aromatic rings. The standard InChI is InChI=1S/C21H27NO3/c1-13-10-15(3)20(11-14(13)2)16(4)22-21(23)17(5)25-19-9-7-8-18(12-19)24-6/h7-12,16-17H,1-6H3,(H,22,23)/t16-,17+/m0/s1. The summed E-state index contributed by atoms with van der Waals surface area (Å²) in [5.41, 5.74) is 4.79. The zero-order valence-corrected chi connectivity index (χ0v) is 15.8. The van der Waals surface area contributed by atoms with Crippen molar-refractivity contribution in [3.05, 3.63) is 58.7 Å². The number of ether oxygens (including phenoxy) is 2. The van der Waals surface area contributed by atoms with Crippen molar-refractivity contribution in [3.8, 4) is 11.5 Å². The van der Waals surface area contributed by atoms with E-state index in [-0.39, 0.29) is 11.9 Å². The molecule has 2 atom stereocenters. The van der Waals surface area contributed by atoms with Crippen molar-refractivity contribution in [2.24, 2.45) is 0 Å². The van der Waals surface area contributed by atoms with Crippen molar-refractivity contribution in [2.45, 2.75) is 46.8 Å². The maximum Gasteiger partial charge on any atom is 0.261 e. The average molecular weight is 341 g/mol. The van der Waals surface area contributed by atoms with Crippen molar-refractivity contribution in [3.63, 3.8) is 0 Å². The van der Waals surface area contributed by atoms with Crippen LogP contribution in [0.3, 0.4) is 0 Å².